The van der Waals surface area contributed by atoms with Crippen molar-refractivity contribution in [2.75, 3.05) is 0 Å². The maximum atomic E-state index is 8.85. The van der Waals surface area contributed by atoms with Crippen molar-refractivity contribution >= 4 is 46.4 Å². The normalized spacial score (nSPS) is 9.05. The number of hydrogen-bond donors (Lipinski definition) is 2. The number of phenolic OH excluding ortho intramolecular Hbond substituents is 2. The molecular weight excluding hydrogens is 409 g/mol. The summed E-state index contributed by atoms with van der Waals surface area (Å²) in [6.07, 6.45) is 0. The summed E-state index contributed by atoms with van der Waals surface area (Å²) in [6, 6.07) is 9.01. The van der Waals surface area contributed by atoms with Crippen molar-refractivity contribution < 1.29 is 36.4 Å². The Morgan fingerprint density at radius 3 is 1.16 bits per heavy atom. The fourth-order valence-electron chi connectivity index (χ4n) is 0.963. The van der Waals surface area contributed by atoms with Crippen LogP contribution in [0.3, 0.4) is 0 Å². The quantitative estimate of drug-likeness (QED) is 0.603. The molecule has 2 aromatic rings. The monoisotopic (exact) mass is 414 g/mol. The van der Waals surface area contributed by atoms with Gasteiger partial charge in [-0.05, 0) is 36.4 Å². The van der Waals surface area contributed by atoms with Gasteiger partial charge in [0.2, 0.25) is 0 Å². The molecule has 0 saturated heterocycles. The van der Waals surface area contributed by atoms with Gasteiger partial charge >= 0.3 is 0 Å². The number of hydrogen-bond acceptors (Lipinski definition) is 2. The molecule has 2 aromatic carbocycles. The topological polar surface area (TPSA) is 40.5 Å². The first-order valence-electron chi connectivity index (χ1n) is 4.68. The summed E-state index contributed by atoms with van der Waals surface area (Å²) in [5.41, 5.74) is 0. The van der Waals surface area contributed by atoms with E-state index in [1.807, 2.05) is 0 Å². The second-order valence-corrected chi connectivity index (χ2v) is 4.88. The fraction of sp³-hybridized carbons (Fsp3) is 0. The second-order valence-electron chi connectivity index (χ2n) is 3.19. The summed E-state index contributed by atoms with van der Waals surface area (Å²) in [6.45, 7) is 0. The largest absolute Gasteiger partial charge is 0.506 e. The van der Waals surface area contributed by atoms with Crippen LogP contribution in [0.4, 0.5) is 0 Å². The van der Waals surface area contributed by atoms with E-state index in [-0.39, 0.29) is 47.7 Å². The van der Waals surface area contributed by atoms with E-state index < -0.39 is 0 Å². The van der Waals surface area contributed by atoms with E-state index in [0.717, 1.165) is 0 Å². The number of rotatable bonds is 0. The zero-order chi connectivity index (χ0) is 13.7. The molecule has 0 unspecified atom stereocenters. The molecular formula is C12H8Cl4O2Zr. The van der Waals surface area contributed by atoms with Gasteiger partial charge in [-0.15, -0.1) is 0 Å². The smallest absolute Gasteiger partial charge is 0.134 e. The molecule has 0 aromatic heterocycles. The molecule has 0 atom stereocenters. The van der Waals surface area contributed by atoms with Gasteiger partial charge < -0.3 is 10.2 Å². The minimum absolute atomic E-state index is 0. The van der Waals surface area contributed by atoms with Crippen LogP contribution in [-0.4, -0.2) is 10.2 Å². The van der Waals surface area contributed by atoms with E-state index >= 15 is 0 Å². The molecule has 0 amide bonds. The standard InChI is InChI=1S/2C6H4Cl2O.Zr/c2*7-4-1-2-6(9)5(8)3-4;/h2*1-3,9H;. The molecule has 0 saturated carbocycles. The third-order valence-corrected chi connectivity index (χ3v) is 2.90. The van der Waals surface area contributed by atoms with Crippen LogP contribution in [0.25, 0.3) is 0 Å². The van der Waals surface area contributed by atoms with Gasteiger partial charge in [0, 0.05) is 36.2 Å². The Kier molecular flexibility index (Phi) is 9.14. The Hall–Kier alpha value is 0.0831. The summed E-state index contributed by atoms with van der Waals surface area (Å²) in [5, 5.41) is 19.3. The van der Waals surface area contributed by atoms with Crippen LogP contribution < -0.4 is 0 Å². The maximum absolute atomic E-state index is 8.85. The molecule has 100 valence electrons. The van der Waals surface area contributed by atoms with Gasteiger partial charge in [0.05, 0.1) is 10.0 Å². The minimum Gasteiger partial charge on any atom is -0.506 e. The molecule has 2 N–H and O–H groups in total. The zero-order valence-corrected chi connectivity index (χ0v) is 14.9. The first-order valence-corrected chi connectivity index (χ1v) is 6.19. The number of benzene rings is 2. The number of phenols is 2. The van der Waals surface area contributed by atoms with Crippen molar-refractivity contribution in [3.8, 4) is 11.5 Å². The number of aromatic hydroxyl groups is 2. The molecule has 0 bridgehead atoms. The molecule has 2 rings (SSSR count). The predicted molar refractivity (Wildman–Crippen MR) is 76.3 cm³/mol. The van der Waals surface area contributed by atoms with Crippen LogP contribution >= 0.6 is 46.4 Å². The van der Waals surface area contributed by atoms with Crippen molar-refractivity contribution in [3.63, 3.8) is 0 Å². The van der Waals surface area contributed by atoms with E-state index in [2.05, 4.69) is 0 Å². The van der Waals surface area contributed by atoms with Gasteiger partial charge in [0.25, 0.3) is 0 Å². The molecule has 0 radical (unpaired) electrons. The van der Waals surface area contributed by atoms with Crippen molar-refractivity contribution in [2.24, 2.45) is 0 Å². The van der Waals surface area contributed by atoms with Crippen molar-refractivity contribution in [1.82, 2.24) is 0 Å². The summed E-state index contributed by atoms with van der Waals surface area (Å²) >= 11 is 22.0. The van der Waals surface area contributed by atoms with Gasteiger partial charge in [-0.2, -0.15) is 0 Å². The van der Waals surface area contributed by atoms with Crippen LogP contribution in [0.5, 0.6) is 11.5 Å². The molecule has 0 aliphatic carbocycles. The molecule has 0 fully saturated rings. The average Bonchev–Trinajstić information content (AvgIpc) is 2.30. The second kappa shape index (κ2) is 9.10. The molecule has 2 nitrogen and oxygen atoms in total. The SMILES string of the molecule is Oc1ccc(Cl)cc1Cl.Oc1ccc(Cl)cc1Cl.[Zr]. The van der Waals surface area contributed by atoms with E-state index in [0.29, 0.717) is 10.0 Å². The van der Waals surface area contributed by atoms with E-state index in [1.165, 1.54) is 24.3 Å². The van der Waals surface area contributed by atoms with Crippen LogP contribution in [0.15, 0.2) is 36.4 Å². The van der Waals surface area contributed by atoms with Crippen LogP contribution in [0.2, 0.25) is 20.1 Å². The van der Waals surface area contributed by atoms with E-state index in [4.69, 9.17) is 56.6 Å². The first-order chi connectivity index (χ1) is 8.40. The summed E-state index contributed by atoms with van der Waals surface area (Å²) in [7, 11) is 0. The maximum Gasteiger partial charge on any atom is 0.134 e. The van der Waals surface area contributed by atoms with Crippen molar-refractivity contribution in [3.05, 3.63) is 56.5 Å². The van der Waals surface area contributed by atoms with Crippen LogP contribution in [-0.2, 0) is 26.2 Å². The molecule has 19 heavy (non-hydrogen) atoms. The van der Waals surface area contributed by atoms with Crippen LogP contribution in [0, 0.1) is 0 Å². The summed E-state index contributed by atoms with van der Waals surface area (Å²) in [4.78, 5) is 0. The fourth-order valence-corrected chi connectivity index (χ4v) is 1.78. The minimum atomic E-state index is 0. The third-order valence-electron chi connectivity index (χ3n) is 1.82. The van der Waals surface area contributed by atoms with Gasteiger partial charge in [-0.25, -0.2) is 0 Å². The Morgan fingerprint density at radius 1 is 0.632 bits per heavy atom. The average molecular weight is 417 g/mol. The Balaban J connectivity index is 0.000000324. The van der Waals surface area contributed by atoms with E-state index in [9.17, 15) is 0 Å². The molecule has 0 aliphatic heterocycles. The summed E-state index contributed by atoms with van der Waals surface area (Å²) in [5.74, 6) is 0.113. The third kappa shape index (κ3) is 6.88. The Bertz CT molecular complexity index is 500. The van der Waals surface area contributed by atoms with Gasteiger partial charge in [-0.1, -0.05) is 46.4 Å². The van der Waals surface area contributed by atoms with E-state index in [1.54, 1.807) is 12.1 Å². The van der Waals surface area contributed by atoms with Crippen molar-refractivity contribution in [1.29, 1.82) is 0 Å². The van der Waals surface area contributed by atoms with Crippen LogP contribution in [0.1, 0.15) is 0 Å². The molecule has 0 aliphatic rings. The molecule has 0 spiro atoms. The number of halogens is 4. The molecule has 7 heteroatoms. The Labute approximate surface area is 150 Å². The van der Waals surface area contributed by atoms with Crippen molar-refractivity contribution in [2.45, 2.75) is 0 Å². The Morgan fingerprint density at radius 2 is 0.947 bits per heavy atom. The van der Waals surface area contributed by atoms with Gasteiger partial charge in [-0.3, -0.25) is 0 Å². The summed E-state index contributed by atoms with van der Waals surface area (Å²) < 4.78 is 0. The van der Waals surface area contributed by atoms with Gasteiger partial charge in [0.15, 0.2) is 0 Å². The predicted octanol–water partition coefficient (Wildman–Crippen LogP) is 5.40. The molecule has 0 heterocycles. The zero-order valence-electron chi connectivity index (χ0n) is 9.37. The first kappa shape index (κ1) is 19.1. The van der Waals surface area contributed by atoms with Gasteiger partial charge in [0.1, 0.15) is 11.5 Å².